The standard InChI is InChI=1S/C17H23NO2S/c1-13-9-15(11-18-6-7-19-3)10-14(2)17(13)20-12-16-5-4-8-21-16/h4-5,8-10,18H,6-7,11-12H2,1-3H3. The summed E-state index contributed by atoms with van der Waals surface area (Å²) < 4.78 is 11.0. The van der Waals surface area contributed by atoms with Crippen LogP contribution in [0, 0.1) is 13.8 Å². The first kappa shape index (κ1) is 16.0. The maximum absolute atomic E-state index is 5.98. The van der Waals surface area contributed by atoms with Crippen LogP contribution in [0.5, 0.6) is 5.75 Å². The molecular formula is C17H23NO2S. The summed E-state index contributed by atoms with van der Waals surface area (Å²) >= 11 is 1.73. The maximum Gasteiger partial charge on any atom is 0.125 e. The van der Waals surface area contributed by atoms with Crippen molar-refractivity contribution in [1.29, 1.82) is 0 Å². The van der Waals surface area contributed by atoms with E-state index in [1.54, 1.807) is 18.4 Å². The monoisotopic (exact) mass is 305 g/mol. The van der Waals surface area contributed by atoms with Crippen molar-refractivity contribution in [2.45, 2.75) is 27.0 Å². The van der Waals surface area contributed by atoms with Crippen molar-refractivity contribution in [3.63, 3.8) is 0 Å². The van der Waals surface area contributed by atoms with Gasteiger partial charge in [-0.3, -0.25) is 0 Å². The lowest BCUT2D eigenvalue weighted by atomic mass is 10.1. The van der Waals surface area contributed by atoms with Gasteiger partial charge in [0.15, 0.2) is 0 Å². The van der Waals surface area contributed by atoms with E-state index in [-0.39, 0.29) is 0 Å². The second kappa shape index (κ2) is 8.17. The van der Waals surface area contributed by atoms with Crippen molar-refractivity contribution in [2.75, 3.05) is 20.3 Å². The van der Waals surface area contributed by atoms with E-state index in [1.165, 1.54) is 21.6 Å². The highest BCUT2D eigenvalue weighted by Gasteiger charge is 2.07. The Labute approximate surface area is 130 Å². The van der Waals surface area contributed by atoms with Crippen molar-refractivity contribution in [2.24, 2.45) is 0 Å². The third kappa shape index (κ3) is 4.84. The van der Waals surface area contributed by atoms with Gasteiger partial charge in [-0.1, -0.05) is 18.2 Å². The van der Waals surface area contributed by atoms with Gasteiger partial charge in [0.25, 0.3) is 0 Å². The van der Waals surface area contributed by atoms with Crippen LogP contribution in [0.3, 0.4) is 0 Å². The molecule has 2 rings (SSSR count). The Morgan fingerprint density at radius 3 is 2.57 bits per heavy atom. The van der Waals surface area contributed by atoms with Gasteiger partial charge in [0.2, 0.25) is 0 Å². The molecule has 1 aromatic carbocycles. The van der Waals surface area contributed by atoms with Crippen LogP contribution in [0.1, 0.15) is 21.6 Å². The van der Waals surface area contributed by atoms with E-state index in [1.807, 2.05) is 0 Å². The molecule has 0 aliphatic heterocycles. The van der Waals surface area contributed by atoms with Gasteiger partial charge in [0.05, 0.1) is 6.61 Å². The summed E-state index contributed by atoms with van der Waals surface area (Å²) in [6.07, 6.45) is 0. The number of benzene rings is 1. The lowest BCUT2D eigenvalue weighted by Gasteiger charge is -2.14. The molecule has 0 amide bonds. The molecule has 4 heteroatoms. The highest BCUT2D eigenvalue weighted by molar-refractivity contribution is 7.09. The fourth-order valence-electron chi connectivity index (χ4n) is 2.31. The van der Waals surface area contributed by atoms with E-state index in [2.05, 4.69) is 48.8 Å². The molecule has 1 aromatic heterocycles. The normalized spacial score (nSPS) is 10.8. The zero-order valence-corrected chi connectivity index (χ0v) is 13.8. The zero-order valence-electron chi connectivity index (χ0n) is 12.9. The number of nitrogens with one attached hydrogen (secondary N) is 1. The summed E-state index contributed by atoms with van der Waals surface area (Å²) in [5.41, 5.74) is 3.66. The van der Waals surface area contributed by atoms with E-state index in [0.29, 0.717) is 6.61 Å². The number of hydrogen-bond donors (Lipinski definition) is 1. The second-order valence-corrected chi connectivity index (χ2v) is 6.13. The Balaban J connectivity index is 1.96. The molecule has 0 radical (unpaired) electrons. The van der Waals surface area contributed by atoms with Crippen molar-refractivity contribution in [3.05, 3.63) is 51.2 Å². The fourth-order valence-corrected chi connectivity index (χ4v) is 2.93. The Bertz CT molecular complexity index is 529. The topological polar surface area (TPSA) is 30.5 Å². The third-order valence-electron chi connectivity index (χ3n) is 3.27. The molecular weight excluding hydrogens is 282 g/mol. The van der Waals surface area contributed by atoms with Crippen LogP contribution in [-0.4, -0.2) is 20.3 Å². The van der Waals surface area contributed by atoms with Gasteiger partial charge in [-0.15, -0.1) is 11.3 Å². The minimum Gasteiger partial charge on any atom is -0.488 e. The molecule has 0 aliphatic carbocycles. The van der Waals surface area contributed by atoms with Gasteiger partial charge in [-0.2, -0.15) is 0 Å². The second-order valence-electron chi connectivity index (χ2n) is 5.10. The van der Waals surface area contributed by atoms with Gasteiger partial charge in [0, 0.05) is 25.1 Å². The van der Waals surface area contributed by atoms with Gasteiger partial charge in [0.1, 0.15) is 12.4 Å². The number of rotatable bonds is 8. The Morgan fingerprint density at radius 1 is 1.19 bits per heavy atom. The highest BCUT2D eigenvalue weighted by Crippen LogP contribution is 2.26. The van der Waals surface area contributed by atoms with Crippen LogP contribution in [0.4, 0.5) is 0 Å². The third-order valence-corrected chi connectivity index (χ3v) is 4.12. The molecule has 0 spiro atoms. The zero-order chi connectivity index (χ0) is 15.1. The predicted molar refractivity (Wildman–Crippen MR) is 88.1 cm³/mol. The van der Waals surface area contributed by atoms with Crippen LogP contribution in [0.25, 0.3) is 0 Å². The molecule has 114 valence electrons. The van der Waals surface area contributed by atoms with Gasteiger partial charge < -0.3 is 14.8 Å². The first-order valence-corrected chi connectivity index (χ1v) is 8.03. The molecule has 0 saturated heterocycles. The molecule has 2 aromatic rings. The number of ether oxygens (including phenoxy) is 2. The summed E-state index contributed by atoms with van der Waals surface area (Å²) in [4.78, 5) is 1.25. The average Bonchev–Trinajstić information content (AvgIpc) is 2.96. The molecule has 1 N–H and O–H groups in total. The average molecular weight is 305 g/mol. The Hall–Kier alpha value is -1.36. The van der Waals surface area contributed by atoms with E-state index < -0.39 is 0 Å². The maximum atomic E-state index is 5.98. The van der Waals surface area contributed by atoms with Crippen molar-refractivity contribution >= 4 is 11.3 Å². The lowest BCUT2D eigenvalue weighted by molar-refractivity contribution is 0.199. The Kier molecular flexibility index (Phi) is 6.23. The molecule has 21 heavy (non-hydrogen) atoms. The Morgan fingerprint density at radius 2 is 1.95 bits per heavy atom. The van der Waals surface area contributed by atoms with Crippen molar-refractivity contribution < 1.29 is 9.47 Å². The van der Waals surface area contributed by atoms with Crippen LogP contribution < -0.4 is 10.1 Å². The number of aryl methyl sites for hydroxylation is 2. The first-order valence-electron chi connectivity index (χ1n) is 7.15. The summed E-state index contributed by atoms with van der Waals surface area (Å²) in [5.74, 6) is 1.00. The summed E-state index contributed by atoms with van der Waals surface area (Å²) in [7, 11) is 1.72. The van der Waals surface area contributed by atoms with Crippen LogP contribution >= 0.6 is 11.3 Å². The molecule has 3 nitrogen and oxygen atoms in total. The molecule has 0 fully saturated rings. The summed E-state index contributed by atoms with van der Waals surface area (Å²) in [5, 5.41) is 5.44. The van der Waals surface area contributed by atoms with Crippen LogP contribution in [0.2, 0.25) is 0 Å². The first-order chi connectivity index (χ1) is 10.2. The number of hydrogen-bond acceptors (Lipinski definition) is 4. The minimum absolute atomic E-state index is 0.644. The smallest absolute Gasteiger partial charge is 0.125 e. The molecule has 0 aliphatic rings. The van der Waals surface area contributed by atoms with Crippen molar-refractivity contribution in [3.8, 4) is 5.75 Å². The number of thiophene rings is 1. The quantitative estimate of drug-likeness (QED) is 0.755. The largest absolute Gasteiger partial charge is 0.488 e. The van der Waals surface area contributed by atoms with E-state index in [0.717, 1.165) is 25.4 Å². The van der Waals surface area contributed by atoms with Gasteiger partial charge in [-0.25, -0.2) is 0 Å². The summed E-state index contributed by atoms with van der Waals surface area (Å²) in [6, 6.07) is 8.54. The molecule has 0 saturated carbocycles. The summed E-state index contributed by atoms with van der Waals surface area (Å²) in [6.45, 7) is 7.32. The van der Waals surface area contributed by atoms with E-state index in [9.17, 15) is 0 Å². The minimum atomic E-state index is 0.644. The fraction of sp³-hybridized carbons (Fsp3) is 0.412. The molecule has 0 unspecified atom stereocenters. The SMILES string of the molecule is COCCNCc1cc(C)c(OCc2cccs2)c(C)c1. The van der Waals surface area contributed by atoms with Gasteiger partial charge >= 0.3 is 0 Å². The van der Waals surface area contributed by atoms with E-state index >= 15 is 0 Å². The van der Waals surface area contributed by atoms with Crippen molar-refractivity contribution in [1.82, 2.24) is 5.32 Å². The van der Waals surface area contributed by atoms with Crippen LogP contribution in [-0.2, 0) is 17.9 Å². The molecule has 0 bridgehead atoms. The molecule has 1 heterocycles. The lowest BCUT2D eigenvalue weighted by Crippen LogP contribution is -2.18. The van der Waals surface area contributed by atoms with E-state index in [4.69, 9.17) is 9.47 Å². The van der Waals surface area contributed by atoms with Crippen LogP contribution in [0.15, 0.2) is 29.6 Å². The predicted octanol–water partition coefficient (Wildman–Crippen LogP) is 3.68. The molecule has 0 atom stereocenters. The highest BCUT2D eigenvalue weighted by atomic mass is 32.1. The van der Waals surface area contributed by atoms with Gasteiger partial charge in [-0.05, 0) is 42.0 Å². The number of methoxy groups -OCH3 is 1.